The first-order valence-corrected chi connectivity index (χ1v) is 10.0. The van der Waals surface area contributed by atoms with Crippen LogP contribution in [-0.2, 0) is 4.79 Å². The molecule has 5 nitrogen and oxygen atoms in total. The molecule has 1 unspecified atom stereocenters. The average Bonchev–Trinajstić information content (AvgIpc) is 3.25. The SMILES string of the molecule is Cc1ccc(NC(=O)N(CCC(=O)N2CCCC2)C(C)c2ccccc2)cc1. The van der Waals surface area contributed by atoms with E-state index in [0.717, 1.165) is 42.7 Å². The Morgan fingerprint density at radius 1 is 1.04 bits per heavy atom. The highest BCUT2D eigenvalue weighted by Gasteiger charge is 2.24. The normalized spacial score (nSPS) is 14.6. The molecule has 1 N–H and O–H groups in total. The highest BCUT2D eigenvalue weighted by Crippen LogP contribution is 2.22. The first-order valence-electron chi connectivity index (χ1n) is 10.0. The van der Waals surface area contributed by atoms with Gasteiger partial charge >= 0.3 is 6.03 Å². The lowest BCUT2D eigenvalue weighted by atomic mass is 10.1. The minimum absolute atomic E-state index is 0.127. The van der Waals surface area contributed by atoms with Crippen molar-refractivity contribution in [3.63, 3.8) is 0 Å². The molecule has 1 saturated heterocycles. The number of hydrogen-bond acceptors (Lipinski definition) is 2. The number of nitrogens with one attached hydrogen (secondary N) is 1. The molecule has 2 aromatic carbocycles. The predicted molar refractivity (Wildman–Crippen MR) is 112 cm³/mol. The van der Waals surface area contributed by atoms with E-state index in [4.69, 9.17) is 0 Å². The lowest BCUT2D eigenvalue weighted by Gasteiger charge is -2.30. The number of urea groups is 1. The van der Waals surface area contributed by atoms with Crippen LogP contribution >= 0.6 is 0 Å². The van der Waals surface area contributed by atoms with E-state index in [0.29, 0.717) is 13.0 Å². The number of amides is 3. The van der Waals surface area contributed by atoms with Crippen LogP contribution in [-0.4, -0.2) is 41.4 Å². The van der Waals surface area contributed by atoms with Crippen LogP contribution in [0.2, 0.25) is 0 Å². The topological polar surface area (TPSA) is 52.7 Å². The number of hydrogen-bond donors (Lipinski definition) is 1. The van der Waals surface area contributed by atoms with Crippen molar-refractivity contribution in [1.29, 1.82) is 0 Å². The lowest BCUT2D eigenvalue weighted by Crippen LogP contribution is -2.40. The summed E-state index contributed by atoms with van der Waals surface area (Å²) in [5.41, 5.74) is 2.95. The van der Waals surface area contributed by atoms with Gasteiger partial charge in [-0.05, 0) is 44.4 Å². The molecule has 1 atom stereocenters. The molecule has 0 radical (unpaired) electrons. The molecule has 5 heteroatoms. The van der Waals surface area contributed by atoms with Crippen LogP contribution in [0.3, 0.4) is 0 Å². The molecule has 0 bridgehead atoms. The molecule has 1 aliphatic heterocycles. The summed E-state index contributed by atoms with van der Waals surface area (Å²) in [5.74, 6) is 0.130. The number of nitrogens with zero attached hydrogens (tertiary/aromatic N) is 2. The van der Waals surface area contributed by atoms with E-state index >= 15 is 0 Å². The molecule has 2 aromatic rings. The molecular weight excluding hydrogens is 350 g/mol. The molecule has 0 aromatic heterocycles. The van der Waals surface area contributed by atoms with Crippen molar-refractivity contribution < 1.29 is 9.59 Å². The molecular formula is C23H29N3O2. The van der Waals surface area contributed by atoms with E-state index in [1.54, 1.807) is 4.90 Å². The van der Waals surface area contributed by atoms with Crippen LogP contribution < -0.4 is 5.32 Å². The number of carbonyl (C=O) groups is 2. The molecule has 0 spiro atoms. The molecule has 148 valence electrons. The Bertz CT molecular complexity index is 783. The van der Waals surface area contributed by atoms with Crippen LogP contribution in [0.5, 0.6) is 0 Å². The van der Waals surface area contributed by atoms with Crippen molar-refractivity contribution >= 4 is 17.6 Å². The standard InChI is InChI=1S/C23H29N3O2/c1-18-10-12-21(13-11-18)24-23(28)26(19(2)20-8-4-3-5-9-20)17-14-22(27)25-15-6-7-16-25/h3-5,8-13,19H,6-7,14-17H2,1-2H3,(H,24,28). The maximum Gasteiger partial charge on any atom is 0.322 e. The second-order valence-corrected chi connectivity index (χ2v) is 7.41. The summed E-state index contributed by atoms with van der Waals surface area (Å²) < 4.78 is 0. The van der Waals surface area contributed by atoms with Crippen molar-refractivity contribution in [1.82, 2.24) is 9.80 Å². The number of carbonyl (C=O) groups excluding carboxylic acids is 2. The lowest BCUT2D eigenvalue weighted by molar-refractivity contribution is -0.130. The van der Waals surface area contributed by atoms with Crippen LogP contribution in [0.15, 0.2) is 54.6 Å². The number of aryl methyl sites for hydroxylation is 1. The van der Waals surface area contributed by atoms with Gasteiger partial charge in [0.05, 0.1) is 6.04 Å². The fraction of sp³-hybridized carbons (Fsp3) is 0.391. The number of likely N-dealkylation sites (tertiary alicyclic amines) is 1. The van der Waals surface area contributed by atoms with Crippen molar-refractivity contribution in [2.45, 2.75) is 39.2 Å². The molecule has 3 amide bonds. The summed E-state index contributed by atoms with van der Waals surface area (Å²) in [6.07, 6.45) is 2.49. The molecule has 28 heavy (non-hydrogen) atoms. The quantitative estimate of drug-likeness (QED) is 0.797. The second kappa shape index (κ2) is 9.40. The maximum absolute atomic E-state index is 13.0. The Morgan fingerprint density at radius 3 is 2.32 bits per heavy atom. The highest BCUT2D eigenvalue weighted by atomic mass is 16.2. The van der Waals surface area contributed by atoms with Crippen LogP contribution in [0.25, 0.3) is 0 Å². The Morgan fingerprint density at radius 2 is 1.68 bits per heavy atom. The van der Waals surface area contributed by atoms with E-state index in [-0.39, 0.29) is 18.0 Å². The van der Waals surface area contributed by atoms with Crippen LogP contribution in [0, 0.1) is 6.92 Å². The molecule has 1 fully saturated rings. The predicted octanol–water partition coefficient (Wildman–Crippen LogP) is 4.60. The summed E-state index contributed by atoms with van der Waals surface area (Å²) in [6, 6.07) is 17.3. The second-order valence-electron chi connectivity index (χ2n) is 7.41. The summed E-state index contributed by atoms with van der Waals surface area (Å²) in [6.45, 7) is 6.08. The van der Waals surface area contributed by atoms with Gasteiger partial charge in [-0.1, -0.05) is 48.0 Å². The minimum atomic E-state index is -0.186. The average molecular weight is 380 g/mol. The Kier molecular flexibility index (Phi) is 6.69. The minimum Gasteiger partial charge on any atom is -0.343 e. The molecule has 0 saturated carbocycles. The van der Waals surface area contributed by atoms with Crippen molar-refractivity contribution in [2.75, 3.05) is 25.0 Å². The fourth-order valence-electron chi connectivity index (χ4n) is 3.56. The van der Waals surface area contributed by atoms with E-state index in [9.17, 15) is 9.59 Å². The molecule has 0 aliphatic carbocycles. The van der Waals surface area contributed by atoms with E-state index in [2.05, 4.69) is 5.32 Å². The first-order chi connectivity index (χ1) is 13.5. The largest absolute Gasteiger partial charge is 0.343 e. The smallest absolute Gasteiger partial charge is 0.322 e. The summed E-state index contributed by atoms with van der Waals surface area (Å²) in [5, 5.41) is 2.98. The Labute approximate surface area is 167 Å². The monoisotopic (exact) mass is 379 g/mol. The van der Waals surface area contributed by atoms with E-state index in [1.807, 2.05) is 73.3 Å². The number of anilines is 1. The zero-order valence-corrected chi connectivity index (χ0v) is 16.7. The molecule has 1 heterocycles. The third-order valence-corrected chi connectivity index (χ3v) is 5.34. The van der Waals surface area contributed by atoms with Gasteiger partial charge in [0.25, 0.3) is 0 Å². The fourth-order valence-corrected chi connectivity index (χ4v) is 3.56. The van der Waals surface area contributed by atoms with E-state index in [1.165, 1.54) is 0 Å². The van der Waals surface area contributed by atoms with Gasteiger partial charge in [0.1, 0.15) is 0 Å². The van der Waals surface area contributed by atoms with Crippen LogP contribution in [0.4, 0.5) is 10.5 Å². The first kappa shape index (κ1) is 19.9. The number of benzene rings is 2. The zero-order valence-electron chi connectivity index (χ0n) is 16.7. The van der Waals surface area contributed by atoms with E-state index < -0.39 is 0 Å². The molecule has 3 rings (SSSR count). The van der Waals surface area contributed by atoms with Gasteiger partial charge in [-0.15, -0.1) is 0 Å². The Balaban J connectivity index is 1.71. The summed E-state index contributed by atoms with van der Waals surface area (Å²) in [4.78, 5) is 29.2. The summed E-state index contributed by atoms with van der Waals surface area (Å²) >= 11 is 0. The van der Waals surface area contributed by atoms with Crippen LogP contribution in [0.1, 0.15) is 43.4 Å². The van der Waals surface area contributed by atoms with Gasteiger partial charge in [0, 0.05) is 31.7 Å². The maximum atomic E-state index is 13.0. The van der Waals surface area contributed by atoms with Gasteiger partial charge in [0.2, 0.25) is 5.91 Å². The van der Waals surface area contributed by atoms with Gasteiger partial charge in [-0.25, -0.2) is 4.79 Å². The summed E-state index contributed by atoms with van der Waals surface area (Å²) in [7, 11) is 0. The van der Waals surface area contributed by atoms with Gasteiger partial charge in [-0.3, -0.25) is 4.79 Å². The van der Waals surface area contributed by atoms with Crippen molar-refractivity contribution in [3.8, 4) is 0 Å². The number of rotatable bonds is 6. The van der Waals surface area contributed by atoms with Gasteiger partial charge < -0.3 is 15.1 Å². The Hall–Kier alpha value is -2.82. The third-order valence-electron chi connectivity index (χ3n) is 5.34. The zero-order chi connectivity index (χ0) is 19.9. The van der Waals surface area contributed by atoms with Crippen molar-refractivity contribution in [3.05, 3.63) is 65.7 Å². The molecule has 1 aliphatic rings. The van der Waals surface area contributed by atoms with Gasteiger partial charge in [0.15, 0.2) is 0 Å². The van der Waals surface area contributed by atoms with Crippen molar-refractivity contribution in [2.24, 2.45) is 0 Å². The highest BCUT2D eigenvalue weighted by molar-refractivity contribution is 5.90. The van der Waals surface area contributed by atoms with Gasteiger partial charge in [-0.2, -0.15) is 0 Å². The third kappa shape index (κ3) is 5.12.